The smallest absolute Gasteiger partial charge is 0.475 e. The van der Waals surface area contributed by atoms with Gasteiger partial charge in [-0.15, -0.1) is 0 Å². The molecule has 0 unspecified atom stereocenters. The molecule has 7 N–H and O–H groups in total. The molecule has 1 aromatic heterocycles. The van der Waals surface area contributed by atoms with Gasteiger partial charge >= 0.3 is 12.1 Å². The molecule has 0 aliphatic rings. The molecule has 242 valence electrons. The van der Waals surface area contributed by atoms with Crippen molar-refractivity contribution in [3.8, 4) is 0 Å². The quantitative estimate of drug-likeness (QED) is 0.0797. The van der Waals surface area contributed by atoms with E-state index in [2.05, 4.69) is 33.9 Å². The number of carbonyl (C=O) groups excluding carboxylic acids is 1. The lowest BCUT2D eigenvalue weighted by atomic mass is 9.99. The van der Waals surface area contributed by atoms with Crippen molar-refractivity contribution in [1.29, 1.82) is 0 Å². The minimum atomic E-state index is -5.08. The predicted octanol–water partition coefficient (Wildman–Crippen LogP) is 4.17. The minimum absolute atomic E-state index is 0.173. The maximum atomic E-state index is 12.6. The molecule has 1 amide bonds. The number of anilines is 1. The first-order chi connectivity index (χ1) is 21.0. The fourth-order valence-corrected chi connectivity index (χ4v) is 5.29. The van der Waals surface area contributed by atoms with E-state index in [9.17, 15) is 31.5 Å². The second-order valence-corrected chi connectivity index (χ2v) is 12.3. The number of β-amino-alcohol motifs (C(OH)–C–C–N with tert-alkyl or cyclic N) is 1. The molecule has 0 saturated carbocycles. The number of aliphatic hydroxyl groups excluding tert-OH is 1. The summed E-state index contributed by atoms with van der Waals surface area (Å²) >= 11 is 0. The Bertz CT molecular complexity index is 1730. The van der Waals surface area contributed by atoms with Crippen LogP contribution in [0.5, 0.6) is 0 Å². The van der Waals surface area contributed by atoms with E-state index in [4.69, 9.17) is 15.7 Å². The fraction of sp³-hybridized carbons (Fsp3) is 0.267. The van der Waals surface area contributed by atoms with Gasteiger partial charge in [0.15, 0.2) is 0 Å². The third-order valence-corrected chi connectivity index (χ3v) is 8.13. The first-order valence-corrected chi connectivity index (χ1v) is 15.0. The fourth-order valence-electron chi connectivity index (χ4n) is 4.22. The van der Waals surface area contributed by atoms with E-state index in [-0.39, 0.29) is 16.3 Å². The number of benzene rings is 3. The molecular weight excluding hydrogens is 615 g/mol. The largest absolute Gasteiger partial charge is 0.490 e. The maximum Gasteiger partial charge on any atom is 0.490 e. The molecule has 1 atom stereocenters. The Hall–Kier alpha value is -4.44. The van der Waals surface area contributed by atoms with Crippen molar-refractivity contribution >= 4 is 38.5 Å². The van der Waals surface area contributed by atoms with E-state index < -0.39 is 28.3 Å². The van der Waals surface area contributed by atoms with Gasteiger partial charge in [0.1, 0.15) is 0 Å². The Labute approximate surface area is 257 Å². The van der Waals surface area contributed by atoms with Crippen molar-refractivity contribution in [3.05, 3.63) is 96.2 Å². The minimum Gasteiger partial charge on any atom is -0.475 e. The third kappa shape index (κ3) is 10.0. The zero-order valence-electron chi connectivity index (χ0n) is 24.4. The molecule has 3 aromatic carbocycles. The van der Waals surface area contributed by atoms with Crippen molar-refractivity contribution in [3.63, 3.8) is 0 Å². The van der Waals surface area contributed by atoms with Gasteiger partial charge in [0, 0.05) is 47.0 Å². The Morgan fingerprint density at radius 1 is 0.978 bits per heavy atom. The normalized spacial score (nSPS) is 12.6. The van der Waals surface area contributed by atoms with Gasteiger partial charge in [0.05, 0.1) is 11.0 Å². The van der Waals surface area contributed by atoms with Crippen LogP contribution in [0, 0.1) is 0 Å². The van der Waals surface area contributed by atoms with Crippen LogP contribution in [0.25, 0.3) is 10.9 Å². The average Bonchev–Trinajstić information content (AvgIpc) is 3.41. The van der Waals surface area contributed by atoms with E-state index in [1.165, 1.54) is 12.1 Å². The number of alkyl halides is 3. The number of carboxylic acid groups (broad SMARTS) is 1. The highest BCUT2D eigenvalue weighted by molar-refractivity contribution is 7.92. The van der Waals surface area contributed by atoms with Crippen molar-refractivity contribution < 1.29 is 41.4 Å². The SMILES string of the molecule is CC(C)(CCn1ccc2cc(C(=O)NN)ccc21)NC[C@H](O)c1cccc(NS(=O)(=O)c2ccccc2)c1.O=C(O)C(F)(F)F. The van der Waals surface area contributed by atoms with Crippen LogP contribution in [0.4, 0.5) is 18.9 Å². The molecule has 0 spiro atoms. The molecule has 45 heavy (non-hydrogen) atoms. The monoisotopic (exact) mass is 649 g/mol. The molecule has 11 nitrogen and oxygen atoms in total. The highest BCUT2D eigenvalue weighted by Gasteiger charge is 2.38. The number of hydrazine groups is 1. The molecule has 4 aromatic rings. The third-order valence-electron chi connectivity index (χ3n) is 6.74. The summed E-state index contributed by atoms with van der Waals surface area (Å²) in [5, 5.41) is 22.3. The topological polar surface area (TPSA) is 176 Å². The maximum absolute atomic E-state index is 12.6. The number of aliphatic hydroxyl groups is 1. The van der Waals surface area contributed by atoms with Gasteiger partial charge in [0.25, 0.3) is 15.9 Å². The number of carboxylic acids is 1. The van der Waals surface area contributed by atoms with Gasteiger partial charge in [-0.05, 0) is 74.4 Å². The number of nitrogens with one attached hydrogen (secondary N) is 3. The molecule has 1 heterocycles. The number of aliphatic carboxylic acids is 1. The standard InChI is InChI=1S/C28H33N5O4S.C2HF3O2/c1-28(2,14-16-33-15-13-20-17-22(27(35)31-29)11-12-25(20)33)30-19-26(34)21-7-6-8-23(18-21)32-38(36,37)24-9-4-3-5-10-24;3-2(4,5)1(6)7/h3-13,15,17-18,26,30,32,34H,14,16,19,29H2,1-2H3,(H,31,35);(H,6,7)/t26-;/m0./s1. The van der Waals surface area contributed by atoms with Crippen molar-refractivity contribution in [2.45, 2.75) is 49.5 Å². The Morgan fingerprint density at radius 2 is 1.64 bits per heavy atom. The number of nitrogens with two attached hydrogens (primary N) is 1. The Kier molecular flexibility index (Phi) is 11.3. The highest BCUT2D eigenvalue weighted by Crippen LogP contribution is 2.23. The highest BCUT2D eigenvalue weighted by atomic mass is 32.2. The molecule has 0 bridgehead atoms. The second-order valence-electron chi connectivity index (χ2n) is 10.6. The van der Waals surface area contributed by atoms with Gasteiger partial charge in [0.2, 0.25) is 0 Å². The van der Waals surface area contributed by atoms with Crippen LogP contribution < -0.4 is 21.3 Å². The van der Waals surface area contributed by atoms with Crippen molar-refractivity contribution in [2.75, 3.05) is 11.3 Å². The number of hydrogen-bond donors (Lipinski definition) is 6. The number of carbonyl (C=O) groups is 2. The molecule has 0 saturated heterocycles. The lowest BCUT2D eigenvalue weighted by molar-refractivity contribution is -0.192. The lowest BCUT2D eigenvalue weighted by Crippen LogP contribution is -2.42. The van der Waals surface area contributed by atoms with Crippen LogP contribution in [0.1, 0.15) is 42.3 Å². The number of aromatic nitrogens is 1. The van der Waals surface area contributed by atoms with Crippen LogP contribution >= 0.6 is 0 Å². The average molecular weight is 650 g/mol. The summed E-state index contributed by atoms with van der Waals surface area (Å²) in [4.78, 5) is 20.9. The zero-order chi connectivity index (χ0) is 33.4. The van der Waals surface area contributed by atoms with Gasteiger partial charge < -0.3 is 20.1 Å². The molecule has 0 fully saturated rings. The number of rotatable bonds is 11. The van der Waals surface area contributed by atoms with Crippen LogP contribution in [-0.4, -0.2) is 53.3 Å². The van der Waals surface area contributed by atoms with Gasteiger partial charge in [-0.3, -0.25) is 14.9 Å². The van der Waals surface area contributed by atoms with Crippen LogP contribution in [0.3, 0.4) is 0 Å². The number of aryl methyl sites for hydroxylation is 1. The summed E-state index contributed by atoms with van der Waals surface area (Å²) in [6.07, 6.45) is -3.14. The van der Waals surface area contributed by atoms with Crippen LogP contribution in [-0.2, 0) is 21.4 Å². The van der Waals surface area contributed by atoms with Crippen LogP contribution in [0.2, 0.25) is 0 Å². The lowest BCUT2D eigenvalue weighted by Gasteiger charge is -2.28. The van der Waals surface area contributed by atoms with E-state index >= 15 is 0 Å². The first kappa shape index (κ1) is 35.0. The molecule has 4 rings (SSSR count). The molecule has 0 aliphatic carbocycles. The molecule has 0 aliphatic heterocycles. The summed E-state index contributed by atoms with van der Waals surface area (Å²) in [6.45, 7) is 5.17. The van der Waals surface area contributed by atoms with Gasteiger partial charge in [-0.25, -0.2) is 19.1 Å². The van der Waals surface area contributed by atoms with E-state index in [0.717, 1.165) is 23.9 Å². The predicted molar refractivity (Wildman–Crippen MR) is 163 cm³/mol. The number of amides is 1. The number of nitrogen functional groups attached to an aromatic ring is 1. The summed E-state index contributed by atoms with van der Waals surface area (Å²) in [6, 6.07) is 22.3. The summed E-state index contributed by atoms with van der Waals surface area (Å²) in [5.41, 5.74) is 4.37. The van der Waals surface area contributed by atoms with E-state index in [1.54, 1.807) is 48.5 Å². The zero-order valence-corrected chi connectivity index (χ0v) is 25.2. The van der Waals surface area contributed by atoms with Gasteiger partial charge in [-0.2, -0.15) is 13.2 Å². The van der Waals surface area contributed by atoms with Crippen molar-refractivity contribution in [1.82, 2.24) is 15.3 Å². The molecule has 15 heteroatoms. The summed E-state index contributed by atoms with van der Waals surface area (Å²) < 4.78 is 61.7. The number of sulfonamides is 1. The Balaban J connectivity index is 0.000000707. The second kappa shape index (κ2) is 14.6. The molecule has 0 radical (unpaired) electrons. The number of hydrogen-bond acceptors (Lipinski definition) is 7. The number of halogens is 3. The van der Waals surface area contributed by atoms with E-state index in [0.29, 0.717) is 23.4 Å². The Morgan fingerprint density at radius 3 is 2.27 bits per heavy atom. The molecular formula is C30H34F3N5O6S. The first-order valence-electron chi connectivity index (χ1n) is 13.5. The van der Waals surface area contributed by atoms with E-state index in [1.807, 2.05) is 24.4 Å². The number of fused-ring (bicyclic) bond motifs is 1. The number of nitrogens with zero attached hydrogens (tertiary/aromatic N) is 1. The van der Waals surface area contributed by atoms with Crippen molar-refractivity contribution in [2.24, 2.45) is 5.84 Å². The summed E-state index contributed by atoms with van der Waals surface area (Å²) in [5.74, 6) is 2.14. The summed E-state index contributed by atoms with van der Waals surface area (Å²) in [7, 11) is -3.72. The van der Waals surface area contributed by atoms with Gasteiger partial charge in [-0.1, -0.05) is 30.3 Å². The van der Waals surface area contributed by atoms with Crippen LogP contribution in [0.15, 0.2) is 90.0 Å².